The first-order chi connectivity index (χ1) is 9.13. The lowest BCUT2D eigenvalue weighted by molar-refractivity contribution is 0.412. The fraction of sp³-hybridized carbons (Fsp3) is 0.214. The highest BCUT2D eigenvalue weighted by Gasteiger charge is 2.05. The van der Waals surface area contributed by atoms with Crippen LogP contribution in [0, 0.1) is 18.3 Å². The van der Waals surface area contributed by atoms with Crippen LogP contribution in [-0.2, 0) is 6.54 Å². The Morgan fingerprint density at radius 2 is 2.26 bits per heavy atom. The van der Waals surface area contributed by atoms with E-state index in [1.165, 1.54) is 17.9 Å². The quantitative estimate of drug-likeness (QED) is 0.833. The lowest BCUT2D eigenvalue weighted by Crippen LogP contribution is -2.22. The van der Waals surface area contributed by atoms with E-state index >= 15 is 0 Å². The summed E-state index contributed by atoms with van der Waals surface area (Å²) >= 11 is 0. The Bertz CT molecular complexity index is 699. The first kappa shape index (κ1) is 12.8. The van der Waals surface area contributed by atoms with Crippen molar-refractivity contribution in [3.63, 3.8) is 0 Å². The molecule has 0 saturated carbocycles. The van der Waals surface area contributed by atoms with Gasteiger partial charge in [0.15, 0.2) is 0 Å². The second kappa shape index (κ2) is 5.36. The Morgan fingerprint density at radius 1 is 1.47 bits per heavy atom. The number of ether oxygens (including phenoxy) is 1. The maximum atomic E-state index is 11.6. The van der Waals surface area contributed by atoms with E-state index in [0.29, 0.717) is 17.9 Å². The van der Waals surface area contributed by atoms with Gasteiger partial charge < -0.3 is 4.74 Å². The molecule has 0 fully saturated rings. The van der Waals surface area contributed by atoms with Crippen molar-refractivity contribution in [3.8, 4) is 11.8 Å². The predicted octanol–water partition coefficient (Wildman–Crippen LogP) is 1.48. The van der Waals surface area contributed by atoms with Gasteiger partial charge in [0.2, 0.25) is 0 Å². The molecule has 0 aliphatic rings. The molecule has 1 aromatic carbocycles. The van der Waals surface area contributed by atoms with Gasteiger partial charge in [-0.05, 0) is 30.2 Å². The average molecular weight is 255 g/mol. The number of aromatic nitrogens is 2. The van der Waals surface area contributed by atoms with Crippen molar-refractivity contribution < 1.29 is 4.74 Å². The summed E-state index contributed by atoms with van der Waals surface area (Å²) in [4.78, 5) is 15.4. The Morgan fingerprint density at radius 3 is 2.95 bits per heavy atom. The van der Waals surface area contributed by atoms with E-state index in [1.54, 1.807) is 24.4 Å². The Balaban J connectivity index is 2.36. The van der Waals surface area contributed by atoms with E-state index in [1.807, 2.05) is 6.92 Å². The minimum atomic E-state index is -0.297. The lowest BCUT2D eigenvalue weighted by atomic mass is 10.1. The van der Waals surface area contributed by atoms with E-state index in [4.69, 9.17) is 10.00 Å². The van der Waals surface area contributed by atoms with Crippen molar-refractivity contribution in [2.75, 3.05) is 7.11 Å². The number of methoxy groups -OCH3 is 1. The molecule has 2 rings (SSSR count). The summed E-state index contributed by atoms with van der Waals surface area (Å²) in [7, 11) is 1.51. The monoisotopic (exact) mass is 255 g/mol. The SMILES string of the molecule is COc1cc(Cn2cc(C)cnc2=O)ccc1C#N. The van der Waals surface area contributed by atoms with Crippen LogP contribution in [0.1, 0.15) is 16.7 Å². The van der Waals surface area contributed by atoms with Gasteiger partial charge in [-0.15, -0.1) is 0 Å². The summed E-state index contributed by atoms with van der Waals surface area (Å²) in [5.41, 5.74) is 1.97. The number of aryl methyl sites for hydroxylation is 1. The van der Waals surface area contributed by atoms with Crippen LogP contribution in [0.3, 0.4) is 0 Å². The highest BCUT2D eigenvalue weighted by molar-refractivity contribution is 5.45. The number of hydrogen-bond donors (Lipinski definition) is 0. The second-order valence-electron chi connectivity index (χ2n) is 4.19. The van der Waals surface area contributed by atoms with Gasteiger partial charge in [0.25, 0.3) is 0 Å². The largest absolute Gasteiger partial charge is 0.495 e. The van der Waals surface area contributed by atoms with Gasteiger partial charge in [0.1, 0.15) is 11.8 Å². The zero-order chi connectivity index (χ0) is 13.8. The van der Waals surface area contributed by atoms with Gasteiger partial charge in [-0.3, -0.25) is 4.57 Å². The number of nitrogens with zero attached hydrogens (tertiary/aromatic N) is 3. The van der Waals surface area contributed by atoms with Gasteiger partial charge in [0.05, 0.1) is 19.2 Å². The molecular formula is C14H13N3O2. The summed E-state index contributed by atoms with van der Waals surface area (Å²) in [5.74, 6) is 0.508. The molecule has 0 aliphatic heterocycles. The molecule has 1 aromatic heterocycles. The highest BCUT2D eigenvalue weighted by Crippen LogP contribution is 2.19. The molecule has 1 heterocycles. The number of rotatable bonds is 3. The maximum absolute atomic E-state index is 11.6. The second-order valence-corrected chi connectivity index (χ2v) is 4.19. The first-order valence-electron chi connectivity index (χ1n) is 5.74. The first-order valence-corrected chi connectivity index (χ1v) is 5.74. The van der Waals surface area contributed by atoms with Crippen LogP contribution in [0.2, 0.25) is 0 Å². The van der Waals surface area contributed by atoms with Crippen molar-refractivity contribution in [2.45, 2.75) is 13.5 Å². The molecule has 5 heteroatoms. The summed E-state index contributed by atoms with van der Waals surface area (Å²) in [5, 5.41) is 8.92. The van der Waals surface area contributed by atoms with Crippen LogP contribution in [0.4, 0.5) is 0 Å². The van der Waals surface area contributed by atoms with Crippen LogP contribution in [0.15, 0.2) is 35.4 Å². The molecule has 0 bridgehead atoms. The Labute approximate surface area is 110 Å². The summed E-state index contributed by atoms with van der Waals surface area (Å²) in [6, 6.07) is 7.29. The van der Waals surface area contributed by atoms with Crippen LogP contribution < -0.4 is 10.4 Å². The van der Waals surface area contributed by atoms with Crippen molar-refractivity contribution in [1.29, 1.82) is 5.26 Å². The minimum Gasteiger partial charge on any atom is -0.495 e. The smallest absolute Gasteiger partial charge is 0.347 e. The molecule has 19 heavy (non-hydrogen) atoms. The lowest BCUT2D eigenvalue weighted by Gasteiger charge is -2.08. The van der Waals surface area contributed by atoms with E-state index in [9.17, 15) is 4.79 Å². The number of benzene rings is 1. The van der Waals surface area contributed by atoms with Crippen molar-refractivity contribution in [1.82, 2.24) is 9.55 Å². The third-order valence-corrected chi connectivity index (χ3v) is 2.72. The predicted molar refractivity (Wildman–Crippen MR) is 70.0 cm³/mol. The molecule has 0 radical (unpaired) electrons. The average Bonchev–Trinajstić information content (AvgIpc) is 2.42. The molecule has 2 aromatic rings. The molecular weight excluding hydrogens is 242 g/mol. The normalized spacial score (nSPS) is 9.95. The van der Waals surface area contributed by atoms with Gasteiger partial charge in [0, 0.05) is 12.4 Å². The Hall–Kier alpha value is -2.61. The molecule has 0 unspecified atom stereocenters. The molecule has 0 atom stereocenters. The number of nitriles is 1. The van der Waals surface area contributed by atoms with E-state index < -0.39 is 0 Å². The molecule has 0 N–H and O–H groups in total. The third kappa shape index (κ3) is 2.80. The van der Waals surface area contributed by atoms with Gasteiger partial charge in [-0.1, -0.05) is 6.07 Å². The molecule has 0 amide bonds. The molecule has 0 aliphatic carbocycles. The zero-order valence-electron chi connectivity index (χ0n) is 10.8. The van der Waals surface area contributed by atoms with E-state index in [-0.39, 0.29) is 5.69 Å². The highest BCUT2D eigenvalue weighted by atomic mass is 16.5. The van der Waals surface area contributed by atoms with Crippen LogP contribution in [-0.4, -0.2) is 16.7 Å². The minimum absolute atomic E-state index is 0.297. The topological polar surface area (TPSA) is 67.9 Å². The molecule has 5 nitrogen and oxygen atoms in total. The van der Waals surface area contributed by atoms with Crippen LogP contribution >= 0.6 is 0 Å². The number of hydrogen-bond acceptors (Lipinski definition) is 4. The Kier molecular flexibility index (Phi) is 3.62. The zero-order valence-corrected chi connectivity index (χ0v) is 10.8. The van der Waals surface area contributed by atoms with Gasteiger partial charge in [-0.2, -0.15) is 5.26 Å². The fourth-order valence-electron chi connectivity index (χ4n) is 1.80. The van der Waals surface area contributed by atoms with Crippen molar-refractivity contribution in [2.24, 2.45) is 0 Å². The maximum Gasteiger partial charge on any atom is 0.347 e. The van der Waals surface area contributed by atoms with Crippen molar-refractivity contribution in [3.05, 3.63) is 57.8 Å². The van der Waals surface area contributed by atoms with E-state index in [0.717, 1.165) is 11.1 Å². The standard InChI is InChI=1S/C14H13N3O2/c1-10-7-16-14(18)17(8-10)9-11-3-4-12(6-15)13(5-11)19-2/h3-5,7-8H,9H2,1-2H3. The molecule has 0 saturated heterocycles. The summed E-state index contributed by atoms with van der Waals surface area (Å²) < 4.78 is 6.67. The molecule has 0 spiro atoms. The summed E-state index contributed by atoms with van der Waals surface area (Å²) in [6.07, 6.45) is 3.29. The van der Waals surface area contributed by atoms with E-state index in [2.05, 4.69) is 11.1 Å². The molecule has 96 valence electrons. The third-order valence-electron chi connectivity index (χ3n) is 2.72. The van der Waals surface area contributed by atoms with Gasteiger partial charge >= 0.3 is 5.69 Å². The summed E-state index contributed by atoms with van der Waals surface area (Å²) in [6.45, 7) is 2.28. The fourth-order valence-corrected chi connectivity index (χ4v) is 1.80. The van der Waals surface area contributed by atoms with Crippen LogP contribution in [0.5, 0.6) is 5.75 Å². The van der Waals surface area contributed by atoms with Gasteiger partial charge in [-0.25, -0.2) is 9.78 Å². The van der Waals surface area contributed by atoms with Crippen LogP contribution in [0.25, 0.3) is 0 Å². The van der Waals surface area contributed by atoms with Crippen molar-refractivity contribution >= 4 is 0 Å².